The third kappa shape index (κ3) is 1.82. The van der Waals surface area contributed by atoms with E-state index in [0.29, 0.717) is 11.7 Å². The van der Waals surface area contributed by atoms with Crippen molar-refractivity contribution in [2.24, 2.45) is 5.92 Å². The first-order valence-corrected chi connectivity index (χ1v) is 4.02. The Bertz CT molecular complexity index is 194. The lowest BCUT2D eigenvalue weighted by molar-refractivity contribution is -0.114. The lowest BCUT2D eigenvalue weighted by Crippen LogP contribution is -2.07. The predicted octanol–water partition coefficient (Wildman–Crippen LogP) is 1.43. The van der Waals surface area contributed by atoms with Crippen molar-refractivity contribution in [1.29, 1.82) is 0 Å². The van der Waals surface area contributed by atoms with E-state index in [1.54, 1.807) is 0 Å². The number of ketones is 1. The average molecular weight is 153 g/mol. The van der Waals surface area contributed by atoms with E-state index < -0.39 is 0 Å². The fourth-order valence-corrected chi connectivity index (χ4v) is 1.40. The molecule has 62 valence electrons. The van der Waals surface area contributed by atoms with Crippen LogP contribution in [0.15, 0.2) is 11.8 Å². The van der Waals surface area contributed by atoms with Gasteiger partial charge in [0.1, 0.15) is 0 Å². The third-order valence-electron chi connectivity index (χ3n) is 2.05. The monoisotopic (exact) mass is 153 g/mol. The highest BCUT2D eigenvalue weighted by atomic mass is 16.1. The number of allylic oxidation sites excluding steroid dienone is 1. The molecule has 0 heterocycles. The molecule has 0 radical (unpaired) electrons. The SMILES string of the molecule is CC1CCC(=O)C1=CN(C)C. The molecule has 0 aromatic rings. The van der Waals surface area contributed by atoms with Gasteiger partial charge in [0, 0.05) is 32.3 Å². The van der Waals surface area contributed by atoms with Gasteiger partial charge in [-0.25, -0.2) is 0 Å². The Labute approximate surface area is 67.9 Å². The van der Waals surface area contributed by atoms with E-state index >= 15 is 0 Å². The average Bonchev–Trinajstić information content (AvgIpc) is 2.18. The number of Topliss-reactive ketones (excluding diaryl/α,β-unsaturated/α-hetero) is 1. The molecule has 0 amide bonds. The zero-order valence-corrected chi connectivity index (χ0v) is 7.42. The molecule has 1 saturated carbocycles. The van der Waals surface area contributed by atoms with Crippen LogP contribution in [0.25, 0.3) is 0 Å². The van der Waals surface area contributed by atoms with Gasteiger partial charge in [0.05, 0.1) is 0 Å². The second-order valence-corrected chi connectivity index (χ2v) is 3.41. The molecule has 1 unspecified atom stereocenters. The van der Waals surface area contributed by atoms with Gasteiger partial charge >= 0.3 is 0 Å². The van der Waals surface area contributed by atoms with Gasteiger partial charge in [-0.1, -0.05) is 6.92 Å². The van der Waals surface area contributed by atoms with Gasteiger partial charge < -0.3 is 4.90 Å². The summed E-state index contributed by atoms with van der Waals surface area (Å²) in [5.41, 5.74) is 0.995. The molecule has 2 heteroatoms. The van der Waals surface area contributed by atoms with E-state index in [1.165, 1.54) is 0 Å². The van der Waals surface area contributed by atoms with Crippen LogP contribution in [-0.4, -0.2) is 24.8 Å². The smallest absolute Gasteiger partial charge is 0.160 e. The minimum absolute atomic E-state index is 0.325. The van der Waals surface area contributed by atoms with Crippen LogP contribution in [-0.2, 0) is 4.79 Å². The standard InChI is InChI=1S/C9H15NO/c1-7-4-5-9(11)8(7)6-10(2)3/h6-7H,4-5H2,1-3H3. The van der Waals surface area contributed by atoms with Crippen LogP contribution in [0, 0.1) is 5.92 Å². The van der Waals surface area contributed by atoms with E-state index in [9.17, 15) is 4.79 Å². The molecular formula is C9H15NO. The summed E-state index contributed by atoms with van der Waals surface area (Å²) in [5, 5.41) is 0. The Kier molecular flexibility index (Phi) is 2.32. The Morgan fingerprint density at radius 1 is 1.55 bits per heavy atom. The molecule has 0 spiro atoms. The Hall–Kier alpha value is -0.790. The molecule has 1 aliphatic carbocycles. The summed E-state index contributed by atoms with van der Waals surface area (Å²) in [7, 11) is 3.90. The molecule has 0 aliphatic heterocycles. The van der Waals surface area contributed by atoms with Gasteiger partial charge in [-0.2, -0.15) is 0 Å². The zero-order chi connectivity index (χ0) is 8.43. The van der Waals surface area contributed by atoms with Crippen molar-refractivity contribution in [1.82, 2.24) is 4.90 Å². The summed E-state index contributed by atoms with van der Waals surface area (Å²) in [4.78, 5) is 13.2. The highest BCUT2D eigenvalue weighted by molar-refractivity contribution is 5.97. The van der Waals surface area contributed by atoms with Crippen molar-refractivity contribution < 1.29 is 4.79 Å². The summed E-state index contributed by atoms with van der Waals surface area (Å²) in [6.07, 6.45) is 3.71. The molecule has 0 N–H and O–H groups in total. The molecule has 1 rings (SSSR count). The minimum atomic E-state index is 0.325. The number of hydrogen-bond acceptors (Lipinski definition) is 2. The van der Waals surface area contributed by atoms with Crippen LogP contribution < -0.4 is 0 Å². The topological polar surface area (TPSA) is 20.3 Å². The number of carbonyl (C=O) groups excluding carboxylic acids is 1. The largest absolute Gasteiger partial charge is 0.383 e. The molecule has 11 heavy (non-hydrogen) atoms. The molecule has 1 fully saturated rings. The summed E-state index contributed by atoms with van der Waals surface area (Å²) in [6.45, 7) is 2.11. The lowest BCUT2D eigenvalue weighted by Gasteiger charge is -2.08. The number of nitrogens with zero attached hydrogens (tertiary/aromatic N) is 1. The Balaban J connectivity index is 2.76. The second kappa shape index (κ2) is 3.07. The van der Waals surface area contributed by atoms with Crippen LogP contribution in [0.1, 0.15) is 19.8 Å². The van der Waals surface area contributed by atoms with E-state index in [-0.39, 0.29) is 0 Å². The van der Waals surface area contributed by atoms with Crippen molar-refractivity contribution >= 4 is 5.78 Å². The van der Waals surface area contributed by atoms with Gasteiger partial charge in [-0.15, -0.1) is 0 Å². The molecule has 0 saturated heterocycles. The normalized spacial score (nSPS) is 28.1. The third-order valence-corrected chi connectivity index (χ3v) is 2.05. The van der Waals surface area contributed by atoms with Gasteiger partial charge in [-0.05, 0) is 12.3 Å². The summed E-state index contributed by atoms with van der Waals surface area (Å²) in [5.74, 6) is 0.788. The van der Waals surface area contributed by atoms with Crippen molar-refractivity contribution in [3.63, 3.8) is 0 Å². The quantitative estimate of drug-likeness (QED) is 0.531. The van der Waals surface area contributed by atoms with Crippen LogP contribution in [0.2, 0.25) is 0 Å². The number of carbonyl (C=O) groups is 1. The van der Waals surface area contributed by atoms with Gasteiger partial charge in [0.15, 0.2) is 5.78 Å². The predicted molar refractivity (Wildman–Crippen MR) is 45.2 cm³/mol. The van der Waals surface area contributed by atoms with Gasteiger partial charge in [0.25, 0.3) is 0 Å². The maximum Gasteiger partial charge on any atom is 0.160 e. The lowest BCUT2D eigenvalue weighted by atomic mass is 10.1. The fraction of sp³-hybridized carbons (Fsp3) is 0.667. The highest BCUT2D eigenvalue weighted by Crippen LogP contribution is 2.27. The first-order valence-electron chi connectivity index (χ1n) is 4.02. The summed E-state index contributed by atoms with van der Waals surface area (Å²) in [6, 6.07) is 0. The molecule has 0 aromatic carbocycles. The van der Waals surface area contributed by atoms with Crippen LogP contribution in [0.4, 0.5) is 0 Å². The fourth-order valence-electron chi connectivity index (χ4n) is 1.40. The second-order valence-electron chi connectivity index (χ2n) is 3.41. The van der Waals surface area contributed by atoms with Crippen molar-refractivity contribution in [2.45, 2.75) is 19.8 Å². The Morgan fingerprint density at radius 2 is 2.18 bits per heavy atom. The maximum absolute atomic E-state index is 11.2. The van der Waals surface area contributed by atoms with Crippen molar-refractivity contribution in [2.75, 3.05) is 14.1 Å². The highest BCUT2D eigenvalue weighted by Gasteiger charge is 2.24. The van der Waals surface area contributed by atoms with E-state index in [0.717, 1.165) is 18.4 Å². The van der Waals surface area contributed by atoms with Crippen LogP contribution in [0.3, 0.4) is 0 Å². The molecule has 0 aromatic heterocycles. The zero-order valence-electron chi connectivity index (χ0n) is 7.42. The number of hydrogen-bond donors (Lipinski definition) is 0. The van der Waals surface area contributed by atoms with Crippen molar-refractivity contribution in [3.05, 3.63) is 11.8 Å². The Morgan fingerprint density at radius 3 is 2.55 bits per heavy atom. The molecular weight excluding hydrogens is 138 g/mol. The summed E-state index contributed by atoms with van der Waals surface area (Å²) < 4.78 is 0. The van der Waals surface area contributed by atoms with Crippen LogP contribution in [0.5, 0.6) is 0 Å². The van der Waals surface area contributed by atoms with Crippen molar-refractivity contribution in [3.8, 4) is 0 Å². The maximum atomic E-state index is 11.2. The minimum Gasteiger partial charge on any atom is -0.383 e. The molecule has 1 aliphatic rings. The van der Waals surface area contributed by atoms with E-state index in [4.69, 9.17) is 0 Å². The molecule has 2 nitrogen and oxygen atoms in total. The van der Waals surface area contributed by atoms with Gasteiger partial charge in [0.2, 0.25) is 0 Å². The molecule has 0 bridgehead atoms. The summed E-state index contributed by atoms with van der Waals surface area (Å²) >= 11 is 0. The van der Waals surface area contributed by atoms with Gasteiger partial charge in [-0.3, -0.25) is 4.79 Å². The number of rotatable bonds is 1. The first kappa shape index (κ1) is 8.31. The first-order chi connectivity index (χ1) is 5.11. The van der Waals surface area contributed by atoms with Crippen LogP contribution >= 0.6 is 0 Å². The van der Waals surface area contributed by atoms with E-state index in [2.05, 4.69) is 6.92 Å². The van der Waals surface area contributed by atoms with E-state index in [1.807, 2.05) is 25.2 Å². The molecule has 1 atom stereocenters.